The lowest BCUT2D eigenvalue weighted by molar-refractivity contribution is 0.0938. The minimum Gasteiger partial charge on any atom is -0.351 e. The van der Waals surface area contributed by atoms with Crippen molar-refractivity contribution in [1.82, 2.24) is 9.88 Å². The van der Waals surface area contributed by atoms with E-state index in [0.717, 1.165) is 18.5 Å². The first-order chi connectivity index (χ1) is 9.33. The zero-order valence-corrected chi connectivity index (χ0v) is 11.0. The summed E-state index contributed by atoms with van der Waals surface area (Å²) >= 11 is 0. The van der Waals surface area contributed by atoms with E-state index in [-0.39, 0.29) is 5.91 Å². The molecule has 2 rings (SSSR count). The molecule has 102 valence electrons. The van der Waals surface area contributed by atoms with Gasteiger partial charge in [0, 0.05) is 30.2 Å². The van der Waals surface area contributed by atoms with Gasteiger partial charge in [0.25, 0.3) is 5.91 Å². The Balaban J connectivity index is 1.76. The van der Waals surface area contributed by atoms with E-state index in [9.17, 15) is 4.79 Å². The first-order valence-electron chi connectivity index (χ1n) is 6.79. The van der Waals surface area contributed by atoms with Gasteiger partial charge in [0.15, 0.2) is 0 Å². The van der Waals surface area contributed by atoms with Gasteiger partial charge in [-0.1, -0.05) is 5.11 Å². The van der Waals surface area contributed by atoms with Crippen LogP contribution in [0.5, 0.6) is 0 Å². The van der Waals surface area contributed by atoms with Crippen LogP contribution in [0.4, 0.5) is 0 Å². The van der Waals surface area contributed by atoms with Crippen molar-refractivity contribution in [2.75, 3.05) is 13.1 Å². The third kappa shape index (κ3) is 3.51. The second-order valence-corrected chi connectivity index (χ2v) is 4.80. The monoisotopic (exact) mass is 261 g/mol. The molecule has 1 aromatic rings. The van der Waals surface area contributed by atoms with Crippen molar-refractivity contribution < 1.29 is 4.79 Å². The Morgan fingerprint density at radius 1 is 1.53 bits per heavy atom. The van der Waals surface area contributed by atoms with Crippen LogP contribution in [-0.2, 0) is 0 Å². The molecular formula is C13H19N5O. The van der Waals surface area contributed by atoms with Gasteiger partial charge in [-0.25, -0.2) is 0 Å². The van der Waals surface area contributed by atoms with Crippen LogP contribution < -0.4 is 5.32 Å². The molecule has 6 nitrogen and oxygen atoms in total. The van der Waals surface area contributed by atoms with E-state index in [2.05, 4.69) is 19.9 Å². The molecule has 1 aromatic heterocycles. The van der Waals surface area contributed by atoms with Crippen LogP contribution in [0.3, 0.4) is 0 Å². The summed E-state index contributed by atoms with van der Waals surface area (Å²) in [5.74, 6) is -0.0133. The largest absolute Gasteiger partial charge is 0.351 e. The van der Waals surface area contributed by atoms with Crippen LogP contribution >= 0.6 is 0 Å². The van der Waals surface area contributed by atoms with Gasteiger partial charge in [-0.15, -0.1) is 0 Å². The number of azide groups is 1. The van der Waals surface area contributed by atoms with Crippen LogP contribution in [0.1, 0.15) is 48.6 Å². The van der Waals surface area contributed by atoms with Crippen LogP contribution in [0.2, 0.25) is 0 Å². The molecular weight excluding hydrogens is 242 g/mol. The van der Waals surface area contributed by atoms with E-state index in [4.69, 9.17) is 5.53 Å². The van der Waals surface area contributed by atoms with Crippen molar-refractivity contribution in [1.29, 1.82) is 0 Å². The Labute approximate surface area is 112 Å². The SMILES string of the molecule is [N-]=[N+]=NCCCCNC(=O)c1cccn1C1CCC1. The van der Waals surface area contributed by atoms with Crippen molar-refractivity contribution in [2.24, 2.45) is 5.11 Å². The molecule has 0 aromatic carbocycles. The summed E-state index contributed by atoms with van der Waals surface area (Å²) in [5.41, 5.74) is 8.88. The number of carbonyl (C=O) groups is 1. The molecule has 0 atom stereocenters. The normalized spacial score (nSPS) is 14.5. The highest BCUT2D eigenvalue weighted by molar-refractivity contribution is 5.92. The molecule has 0 unspecified atom stereocenters. The molecule has 1 N–H and O–H groups in total. The lowest BCUT2D eigenvalue weighted by Gasteiger charge is -2.28. The Bertz CT molecular complexity index is 471. The molecule has 1 saturated carbocycles. The van der Waals surface area contributed by atoms with Crippen molar-refractivity contribution in [2.45, 2.75) is 38.1 Å². The fourth-order valence-corrected chi connectivity index (χ4v) is 2.21. The number of hydrogen-bond donors (Lipinski definition) is 1. The molecule has 0 bridgehead atoms. The number of aromatic nitrogens is 1. The van der Waals surface area contributed by atoms with E-state index in [1.165, 1.54) is 19.3 Å². The highest BCUT2D eigenvalue weighted by Crippen LogP contribution is 2.32. The van der Waals surface area contributed by atoms with Crippen LogP contribution in [0.15, 0.2) is 23.4 Å². The summed E-state index contributed by atoms with van der Waals surface area (Å²) in [5, 5.41) is 6.37. The lowest BCUT2D eigenvalue weighted by Crippen LogP contribution is -2.29. The number of unbranched alkanes of at least 4 members (excludes halogenated alkanes) is 1. The van der Waals surface area contributed by atoms with Gasteiger partial charge in [0.1, 0.15) is 5.69 Å². The smallest absolute Gasteiger partial charge is 0.267 e. The zero-order valence-electron chi connectivity index (χ0n) is 11.0. The van der Waals surface area contributed by atoms with Crippen LogP contribution in [-0.4, -0.2) is 23.6 Å². The molecule has 1 aliphatic rings. The average Bonchev–Trinajstić information content (AvgIpc) is 2.80. The van der Waals surface area contributed by atoms with Crippen molar-refractivity contribution in [3.63, 3.8) is 0 Å². The third-order valence-corrected chi connectivity index (χ3v) is 3.51. The maximum absolute atomic E-state index is 12.0. The first kappa shape index (κ1) is 13.5. The van der Waals surface area contributed by atoms with E-state index in [1.54, 1.807) is 0 Å². The highest BCUT2D eigenvalue weighted by Gasteiger charge is 2.22. The standard InChI is InChI=1S/C13H19N5O/c14-17-16-9-2-1-8-15-13(19)12-7-4-10-18(12)11-5-3-6-11/h4,7,10-11H,1-3,5-6,8-9H2,(H,15,19). The number of rotatable bonds is 7. The Kier molecular flexibility index (Phi) is 4.86. The predicted molar refractivity (Wildman–Crippen MR) is 72.9 cm³/mol. The fourth-order valence-electron chi connectivity index (χ4n) is 2.21. The molecule has 0 radical (unpaired) electrons. The molecule has 19 heavy (non-hydrogen) atoms. The molecule has 1 heterocycles. The second kappa shape index (κ2) is 6.85. The number of carbonyl (C=O) groups excluding carboxylic acids is 1. The number of nitrogens with one attached hydrogen (secondary N) is 1. The summed E-state index contributed by atoms with van der Waals surface area (Å²) in [6, 6.07) is 4.29. The second-order valence-electron chi connectivity index (χ2n) is 4.80. The molecule has 6 heteroatoms. The topological polar surface area (TPSA) is 82.8 Å². The van der Waals surface area contributed by atoms with Gasteiger partial charge in [-0.05, 0) is 49.8 Å². The molecule has 0 aliphatic heterocycles. The summed E-state index contributed by atoms with van der Waals surface area (Å²) < 4.78 is 2.08. The summed E-state index contributed by atoms with van der Waals surface area (Å²) in [7, 11) is 0. The number of hydrogen-bond acceptors (Lipinski definition) is 2. The zero-order chi connectivity index (χ0) is 13.5. The molecule has 1 aliphatic carbocycles. The summed E-state index contributed by atoms with van der Waals surface area (Å²) in [6.07, 6.45) is 7.20. The van der Waals surface area contributed by atoms with Crippen molar-refractivity contribution in [3.05, 3.63) is 34.5 Å². The molecule has 1 fully saturated rings. The predicted octanol–water partition coefficient (Wildman–Crippen LogP) is 3.03. The van der Waals surface area contributed by atoms with E-state index in [1.807, 2.05) is 18.3 Å². The van der Waals surface area contributed by atoms with E-state index < -0.39 is 0 Å². The van der Waals surface area contributed by atoms with Gasteiger partial charge in [-0.2, -0.15) is 0 Å². The maximum atomic E-state index is 12.0. The molecule has 0 saturated heterocycles. The number of nitrogens with zero attached hydrogens (tertiary/aromatic N) is 4. The van der Waals surface area contributed by atoms with Gasteiger partial charge in [0.2, 0.25) is 0 Å². The Hall–Kier alpha value is -1.94. The van der Waals surface area contributed by atoms with Gasteiger partial charge in [0.05, 0.1) is 0 Å². The van der Waals surface area contributed by atoms with Gasteiger partial charge < -0.3 is 9.88 Å². The summed E-state index contributed by atoms with van der Waals surface area (Å²) in [4.78, 5) is 14.7. The van der Waals surface area contributed by atoms with E-state index in [0.29, 0.717) is 19.1 Å². The lowest BCUT2D eigenvalue weighted by atomic mass is 9.93. The first-order valence-corrected chi connectivity index (χ1v) is 6.79. The Morgan fingerprint density at radius 3 is 3.05 bits per heavy atom. The molecule has 0 spiro atoms. The quantitative estimate of drug-likeness (QED) is 0.348. The van der Waals surface area contributed by atoms with Crippen molar-refractivity contribution >= 4 is 5.91 Å². The fraction of sp³-hybridized carbons (Fsp3) is 0.615. The van der Waals surface area contributed by atoms with Crippen LogP contribution in [0, 0.1) is 0 Å². The molecule has 1 amide bonds. The maximum Gasteiger partial charge on any atom is 0.267 e. The van der Waals surface area contributed by atoms with Gasteiger partial charge in [-0.3, -0.25) is 4.79 Å². The minimum absolute atomic E-state index is 0.0133. The van der Waals surface area contributed by atoms with Crippen molar-refractivity contribution in [3.8, 4) is 0 Å². The van der Waals surface area contributed by atoms with Gasteiger partial charge >= 0.3 is 0 Å². The van der Waals surface area contributed by atoms with E-state index >= 15 is 0 Å². The number of amides is 1. The third-order valence-electron chi connectivity index (χ3n) is 3.51. The highest BCUT2D eigenvalue weighted by atomic mass is 16.1. The summed E-state index contributed by atoms with van der Waals surface area (Å²) in [6.45, 7) is 1.11. The average molecular weight is 261 g/mol. The minimum atomic E-state index is -0.0133. The van der Waals surface area contributed by atoms with Crippen LogP contribution in [0.25, 0.3) is 10.4 Å². The Morgan fingerprint density at radius 2 is 2.37 bits per heavy atom.